The molecule has 20 heavy (non-hydrogen) atoms. The number of rotatable bonds is 3. The third-order valence-electron chi connectivity index (χ3n) is 3.30. The van der Waals surface area contributed by atoms with E-state index in [-0.39, 0.29) is 11.3 Å². The Morgan fingerprint density at radius 2 is 1.65 bits per heavy atom. The summed E-state index contributed by atoms with van der Waals surface area (Å²) in [4.78, 5) is 12.4. The topological polar surface area (TPSA) is 26.3 Å². The highest BCUT2D eigenvalue weighted by atomic mass is 19.1. The number of carbonyl (C=O) groups excluding carboxylic acids is 1. The second kappa shape index (κ2) is 5.45. The Kier molecular flexibility index (Phi) is 3.89. The lowest BCUT2D eigenvalue weighted by molar-refractivity contribution is 0.103. The Morgan fingerprint density at radius 1 is 1.05 bits per heavy atom. The van der Waals surface area contributed by atoms with E-state index in [1.807, 2.05) is 13.8 Å². The van der Waals surface area contributed by atoms with Gasteiger partial charge in [-0.2, -0.15) is 0 Å². The third kappa shape index (κ3) is 2.57. The summed E-state index contributed by atoms with van der Waals surface area (Å²) >= 11 is 0. The number of ether oxygens (including phenoxy) is 1. The standard InChI is InChI=1S/C17H17FO2/c1-10-5-6-14(15(18)7-10)16(19)13-8-11(2)17(20-4)12(3)9-13/h5-9H,1-4H3. The lowest BCUT2D eigenvalue weighted by Gasteiger charge is -2.11. The molecule has 0 N–H and O–H groups in total. The maximum Gasteiger partial charge on any atom is 0.195 e. The molecule has 0 aromatic heterocycles. The first-order valence-corrected chi connectivity index (χ1v) is 6.40. The Balaban J connectivity index is 2.49. The third-order valence-corrected chi connectivity index (χ3v) is 3.30. The van der Waals surface area contributed by atoms with Crippen LogP contribution in [0.4, 0.5) is 4.39 Å². The molecule has 0 aliphatic rings. The fraction of sp³-hybridized carbons (Fsp3) is 0.235. The van der Waals surface area contributed by atoms with Crippen LogP contribution in [0.1, 0.15) is 32.6 Å². The Morgan fingerprint density at radius 3 is 2.15 bits per heavy atom. The largest absolute Gasteiger partial charge is 0.496 e. The van der Waals surface area contributed by atoms with E-state index in [1.54, 1.807) is 32.2 Å². The van der Waals surface area contributed by atoms with Gasteiger partial charge in [0.25, 0.3) is 0 Å². The summed E-state index contributed by atoms with van der Waals surface area (Å²) < 4.78 is 19.2. The first kappa shape index (κ1) is 14.3. The number of halogens is 1. The van der Waals surface area contributed by atoms with Crippen molar-refractivity contribution < 1.29 is 13.9 Å². The molecule has 0 bridgehead atoms. The molecule has 0 spiro atoms. The first-order valence-electron chi connectivity index (χ1n) is 6.40. The Bertz CT molecular complexity index is 652. The number of methoxy groups -OCH3 is 1. The van der Waals surface area contributed by atoms with Crippen molar-refractivity contribution in [3.8, 4) is 5.75 Å². The number of hydrogen-bond donors (Lipinski definition) is 0. The van der Waals surface area contributed by atoms with Gasteiger partial charge in [-0.25, -0.2) is 4.39 Å². The second-order valence-electron chi connectivity index (χ2n) is 4.96. The van der Waals surface area contributed by atoms with E-state index in [9.17, 15) is 9.18 Å². The summed E-state index contributed by atoms with van der Waals surface area (Å²) in [6, 6.07) is 8.10. The summed E-state index contributed by atoms with van der Waals surface area (Å²) in [6.45, 7) is 5.53. The highest BCUT2D eigenvalue weighted by molar-refractivity contribution is 6.09. The van der Waals surface area contributed by atoms with Crippen LogP contribution in [0.25, 0.3) is 0 Å². The average Bonchev–Trinajstić information content (AvgIpc) is 2.37. The van der Waals surface area contributed by atoms with E-state index in [0.29, 0.717) is 5.56 Å². The normalized spacial score (nSPS) is 10.4. The predicted molar refractivity (Wildman–Crippen MR) is 77.0 cm³/mol. The smallest absolute Gasteiger partial charge is 0.195 e. The van der Waals surface area contributed by atoms with Gasteiger partial charge in [0, 0.05) is 5.56 Å². The maximum atomic E-state index is 13.9. The minimum atomic E-state index is -0.485. The molecule has 0 radical (unpaired) electrons. The monoisotopic (exact) mass is 272 g/mol. The first-order chi connectivity index (χ1) is 9.43. The molecule has 3 heteroatoms. The SMILES string of the molecule is COc1c(C)cc(C(=O)c2ccc(C)cc2F)cc1C. The van der Waals surface area contributed by atoms with Crippen molar-refractivity contribution in [1.82, 2.24) is 0 Å². The molecular weight excluding hydrogens is 255 g/mol. The van der Waals surface area contributed by atoms with E-state index in [0.717, 1.165) is 22.4 Å². The van der Waals surface area contributed by atoms with Gasteiger partial charge in [0.15, 0.2) is 5.78 Å². The van der Waals surface area contributed by atoms with E-state index >= 15 is 0 Å². The van der Waals surface area contributed by atoms with Crippen LogP contribution in [-0.4, -0.2) is 12.9 Å². The van der Waals surface area contributed by atoms with Crippen molar-refractivity contribution >= 4 is 5.78 Å². The molecule has 0 fully saturated rings. The van der Waals surface area contributed by atoms with Gasteiger partial charge in [0.05, 0.1) is 12.7 Å². The minimum absolute atomic E-state index is 0.0968. The number of ketones is 1. The molecular formula is C17H17FO2. The van der Waals surface area contributed by atoms with E-state index in [4.69, 9.17) is 4.74 Å². The van der Waals surface area contributed by atoms with Gasteiger partial charge in [0.1, 0.15) is 11.6 Å². The summed E-state index contributed by atoms with van der Waals surface area (Å²) in [6.07, 6.45) is 0. The zero-order valence-electron chi connectivity index (χ0n) is 12.1. The van der Waals surface area contributed by atoms with E-state index in [1.165, 1.54) is 12.1 Å². The van der Waals surface area contributed by atoms with Crippen LogP contribution >= 0.6 is 0 Å². The number of carbonyl (C=O) groups is 1. The summed E-state index contributed by atoms with van der Waals surface area (Å²) in [5.41, 5.74) is 3.09. The Labute approximate surface area is 118 Å². The van der Waals surface area contributed by atoms with Crippen molar-refractivity contribution in [3.05, 3.63) is 64.0 Å². The van der Waals surface area contributed by atoms with Gasteiger partial charge >= 0.3 is 0 Å². The average molecular weight is 272 g/mol. The molecule has 0 atom stereocenters. The molecule has 0 heterocycles. The van der Waals surface area contributed by atoms with Gasteiger partial charge in [-0.15, -0.1) is 0 Å². The molecule has 0 aliphatic heterocycles. The molecule has 2 aromatic carbocycles. The van der Waals surface area contributed by atoms with Gasteiger partial charge in [-0.3, -0.25) is 4.79 Å². The van der Waals surface area contributed by atoms with Crippen LogP contribution in [0.3, 0.4) is 0 Å². The quantitative estimate of drug-likeness (QED) is 0.790. The molecule has 0 unspecified atom stereocenters. The van der Waals surface area contributed by atoms with Crippen LogP contribution in [0.5, 0.6) is 5.75 Å². The Hall–Kier alpha value is -2.16. The van der Waals surface area contributed by atoms with Crippen LogP contribution in [-0.2, 0) is 0 Å². The fourth-order valence-electron chi connectivity index (χ4n) is 2.36. The van der Waals surface area contributed by atoms with Crippen LogP contribution < -0.4 is 4.74 Å². The van der Waals surface area contributed by atoms with Crippen molar-refractivity contribution in [3.63, 3.8) is 0 Å². The van der Waals surface area contributed by atoms with Gasteiger partial charge < -0.3 is 4.74 Å². The highest BCUT2D eigenvalue weighted by Crippen LogP contribution is 2.26. The van der Waals surface area contributed by atoms with E-state index in [2.05, 4.69) is 0 Å². The lowest BCUT2D eigenvalue weighted by atomic mass is 9.97. The molecule has 2 nitrogen and oxygen atoms in total. The molecule has 0 saturated carbocycles. The second-order valence-corrected chi connectivity index (χ2v) is 4.96. The zero-order chi connectivity index (χ0) is 14.9. The molecule has 2 aromatic rings. The number of hydrogen-bond acceptors (Lipinski definition) is 2. The van der Waals surface area contributed by atoms with E-state index < -0.39 is 5.82 Å². The summed E-state index contributed by atoms with van der Waals surface area (Å²) in [7, 11) is 1.59. The zero-order valence-corrected chi connectivity index (χ0v) is 12.1. The molecule has 104 valence electrons. The van der Waals surface area contributed by atoms with Crippen LogP contribution in [0.15, 0.2) is 30.3 Å². The number of benzene rings is 2. The summed E-state index contributed by atoms with van der Waals surface area (Å²) in [5.74, 6) is -0.0385. The summed E-state index contributed by atoms with van der Waals surface area (Å²) in [5, 5.41) is 0. The lowest BCUT2D eigenvalue weighted by Crippen LogP contribution is -2.06. The van der Waals surface area contributed by atoms with Crippen LogP contribution in [0, 0.1) is 26.6 Å². The number of aryl methyl sites for hydroxylation is 3. The highest BCUT2D eigenvalue weighted by Gasteiger charge is 2.16. The predicted octanol–water partition coefficient (Wildman–Crippen LogP) is 3.99. The molecule has 0 saturated heterocycles. The van der Waals surface area contributed by atoms with Crippen molar-refractivity contribution in [2.45, 2.75) is 20.8 Å². The van der Waals surface area contributed by atoms with Gasteiger partial charge in [0.2, 0.25) is 0 Å². The molecule has 2 rings (SSSR count). The molecule has 0 aliphatic carbocycles. The minimum Gasteiger partial charge on any atom is -0.496 e. The van der Waals surface area contributed by atoms with Crippen LogP contribution in [0.2, 0.25) is 0 Å². The van der Waals surface area contributed by atoms with Crippen molar-refractivity contribution in [1.29, 1.82) is 0 Å². The van der Waals surface area contributed by atoms with Gasteiger partial charge in [-0.05, 0) is 61.7 Å². The maximum absolute atomic E-state index is 13.9. The fourth-order valence-corrected chi connectivity index (χ4v) is 2.36. The van der Waals surface area contributed by atoms with Crippen molar-refractivity contribution in [2.24, 2.45) is 0 Å². The molecule has 0 amide bonds. The van der Waals surface area contributed by atoms with Gasteiger partial charge in [-0.1, -0.05) is 6.07 Å². The van der Waals surface area contributed by atoms with Crippen molar-refractivity contribution in [2.75, 3.05) is 7.11 Å².